The van der Waals surface area contributed by atoms with E-state index in [1.165, 1.54) is 0 Å². The molecule has 0 spiro atoms. The monoisotopic (exact) mass is 432 g/mol. The van der Waals surface area contributed by atoms with Gasteiger partial charge < -0.3 is 21.3 Å². The van der Waals surface area contributed by atoms with Crippen molar-refractivity contribution in [2.24, 2.45) is 9.98 Å². The van der Waals surface area contributed by atoms with E-state index in [1.54, 1.807) is 0 Å². The fourth-order valence-electron chi connectivity index (χ4n) is 3.62. The van der Waals surface area contributed by atoms with E-state index >= 15 is 0 Å². The number of carbonyl (C=O) groups excluding carboxylic acids is 2. The third kappa shape index (κ3) is 5.94. The first-order valence-corrected chi connectivity index (χ1v) is 11.0. The molecule has 32 heavy (non-hydrogen) atoms. The highest BCUT2D eigenvalue weighted by Crippen LogP contribution is 2.14. The summed E-state index contributed by atoms with van der Waals surface area (Å²) in [6.45, 7) is 3.33. The van der Waals surface area contributed by atoms with Gasteiger partial charge in [0, 0.05) is 48.4 Å². The predicted octanol–water partition coefficient (Wildman–Crippen LogP) is 2.52. The van der Waals surface area contributed by atoms with Crippen LogP contribution in [0.2, 0.25) is 0 Å². The second-order valence-corrected chi connectivity index (χ2v) is 7.77. The molecule has 0 aliphatic carbocycles. The first kappa shape index (κ1) is 21.5. The second kappa shape index (κ2) is 10.6. The van der Waals surface area contributed by atoms with Crippen LogP contribution in [-0.2, 0) is 9.59 Å². The van der Waals surface area contributed by atoms with Crippen LogP contribution in [0, 0.1) is 0 Å². The number of hydrogen-bond acceptors (Lipinski definition) is 6. The number of anilines is 2. The normalized spacial score (nSPS) is 14.8. The summed E-state index contributed by atoms with van der Waals surface area (Å²) in [5, 5.41) is 12.3. The van der Waals surface area contributed by atoms with Gasteiger partial charge in [0.25, 0.3) is 0 Å². The Kier molecular flexibility index (Phi) is 7.12. The van der Waals surface area contributed by atoms with Crippen LogP contribution in [0.4, 0.5) is 11.4 Å². The number of carbonyl (C=O) groups is 2. The summed E-state index contributed by atoms with van der Waals surface area (Å²) in [6, 6.07) is 15.3. The minimum absolute atomic E-state index is 0.0477. The molecule has 0 unspecified atom stereocenters. The Hall–Kier alpha value is -3.68. The van der Waals surface area contributed by atoms with Gasteiger partial charge in [0.05, 0.1) is 13.1 Å². The van der Waals surface area contributed by atoms with Crippen molar-refractivity contribution in [1.82, 2.24) is 10.6 Å². The number of unbranched alkanes of at least 4 members (excludes halogenated alkanes) is 1. The molecule has 8 nitrogen and oxygen atoms in total. The molecular formula is C24H28N6O2. The van der Waals surface area contributed by atoms with Gasteiger partial charge in [0.2, 0.25) is 11.8 Å². The summed E-state index contributed by atoms with van der Waals surface area (Å²) < 4.78 is 0. The molecule has 0 fully saturated rings. The molecule has 0 bridgehead atoms. The van der Waals surface area contributed by atoms with Gasteiger partial charge in [0.15, 0.2) is 0 Å². The van der Waals surface area contributed by atoms with E-state index in [2.05, 4.69) is 31.3 Å². The van der Waals surface area contributed by atoms with Crippen molar-refractivity contribution in [3.63, 3.8) is 0 Å². The molecule has 0 aromatic heterocycles. The van der Waals surface area contributed by atoms with Gasteiger partial charge in [-0.05, 0) is 61.4 Å². The molecule has 166 valence electrons. The maximum atomic E-state index is 12.2. The van der Waals surface area contributed by atoms with Crippen LogP contribution < -0.4 is 21.3 Å². The van der Waals surface area contributed by atoms with Gasteiger partial charge in [-0.25, -0.2) is 0 Å². The Labute approximate surface area is 187 Å². The van der Waals surface area contributed by atoms with E-state index in [-0.39, 0.29) is 11.8 Å². The van der Waals surface area contributed by atoms with Crippen LogP contribution in [0.3, 0.4) is 0 Å². The quantitative estimate of drug-likeness (QED) is 0.457. The van der Waals surface area contributed by atoms with Crippen molar-refractivity contribution < 1.29 is 9.59 Å². The zero-order chi connectivity index (χ0) is 22.2. The fourth-order valence-corrected chi connectivity index (χ4v) is 3.62. The number of nitrogens with one attached hydrogen (secondary N) is 4. The minimum atomic E-state index is -0.0477. The Morgan fingerprint density at radius 1 is 0.688 bits per heavy atom. The highest BCUT2D eigenvalue weighted by Gasteiger charge is 2.10. The summed E-state index contributed by atoms with van der Waals surface area (Å²) in [5.41, 5.74) is 3.56. The summed E-state index contributed by atoms with van der Waals surface area (Å²) in [4.78, 5) is 33.1. The highest BCUT2D eigenvalue weighted by molar-refractivity contribution is 6.01. The Morgan fingerprint density at radius 2 is 1.09 bits per heavy atom. The van der Waals surface area contributed by atoms with Crippen LogP contribution in [0.25, 0.3) is 0 Å². The predicted molar refractivity (Wildman–Crippen MR) is 127 cm³/mol. The summed E-state index contributed by atoms with van der Waals surface area (Å²) in [5.74, 6) is 1.71. The molecule has 2 amide bonds. The van der Waals surface area contributed by atoms with Gasteiger partial charge in [0.1, 0.15) is 11.7 Å². The zero-order valence-electron chi connectivity index (χ0n) is 18.0. The van der Waals surface area contributed by atoms with Crippen molar-refractivity contribution in [2.45, 2.75) is 25.7 Å². The van der Waals surface area contributed by atoms with Gasteiger partial charge in [-0.1, -0.05) is 0 Å². The van der Waals surface area contributed by atoms with Crippen molar-refractivity contribution in [3.8, 4) is 0 Å². The molecule has 2 aliphatic heterocycles. The Morgan fingerprint density at radius 3 is 1.44 bits per heavy atom. The average molecular weight is 433 g/mol. The lowest BCUT2D eigenvalue weighted by molar-refractivity contribution is -0.118. The minimum Gasteiger partial charge on any atom is -0.368 e. The van der Waals surface area contributed by atoms with Crippen LogP contribution >= 0.6 is 0 Å². The van der Waals surface area contributed by atoms with Crippen LogP contribution in [-0.4, -0.2) is 49.7 Å². The molecule has 0 radical (unpaired) electrons. The SMILES string of the molecule is O=C(CCCCC(=O)Nc1ccc(C2=NCCN2)cc1)Nc1ccc(C2=NCCN2)cc1. The largest absolute Gasteiger partial charge is 0.368 e. The number of rotatable bonds is 9. The van der Waals surface area contributed by atoms with E-state index in [9.17, 15) is 9.59 Å². The van der Waals surface area contributed by atoms with Crippen molar-refractivity contribution in [3.05, 3.63) is 59.7 Å². The van der Waals surface area contributed by atoms with Gasteiger partial charge in [-0.2, -0.15) is 0 Å². The summed E-state index contributed by atoms with van der Waals surface area (Å²) in [6.07, 6.45) is 2.07. The van der Waals surface area contributed by atoms with E-state index in [0.717, 1.165) is 60.4 Å². The number of amides is 2. The molecule has 8 heteroatoms. The molecule has 4 rings (SSSR count). The number of nitrogens with zero attached hydrogens (tertiary/aromatic N) is 2. The first-order valence-electron chi connectivity index (χ1n) is 11.0. The fraction of sp³-hybridized carbons (Fsp3) is 0.333. The third-order valence-electron chi connectivity index (χ3n) is 5.29. The van der Waals surface area contributed by atoms with Crippen LogP contribution in [0.5, 0.6) is 0 Å². The van der Waals surface area contributed by atoms with E-state index in [4.69, 9.17) is 0 Å². The van der Waals surface area contributed by atoms with E-state index in [0.29, 0.717) is 25.7 Å². The Bertz CT molecular complexity index is 928. The standard InChI is InChI=1S/C24H28N6O2/c31-21(29-19-9-5-17(6-10-19)23-25-13-14-26-23)3-1-2-4-22(32)30-20-11-7-18(8-12-20)24-27-15-16-28-24/h5-12H,1-4,13-16H2,(H,25,26)(H,27,28)(H,29,31)(H,30,32). The van der Waals surface area contributed by atoms with Crippen molar-refractivity contribution in [2.75, 3.05) is 36.8 Å². The zero-order valence-corrected chi connectivity index (χ0v) is 18.0. The number of amidine groups is 2. The van der Waals surface area contributed by atoms with Gasteiger partial charge >= 0.3 is 0 Å². The molecule has 0 saturated heterocycles. The molecule has 2 heterocycles. The molecule has 4 N–H and O–H groups in total. The third-order valence-corrected chi connectivity index (χ3v) is 5.29. The second-order valence-electron chi connectivity index (χ2n) is 7.77. The topological polar surface area (TPSA) is 107 Å². The molecule has 0 saturated carbocycles. The van der Waals surface area contributed by atoms with E-state index in [1.807, 2.05) is 48.5 Å². The smallest absolute Gasteiger partial charge is 0.224 e. The van der Waals surface area contributed by atoms with Crippen molar-refractivity contribution in [1.29, 1.82) is 0 Å². The van der Waals surface area contributed by atoms with Crippen molar-refractivity contribution >= 4 is 34.9 Å². The Balaban J connectivity index is 1.13. The van der Waals surface area contributed by atoms with Gasteiger partial charge in [-0.3, -0.25) is 19.6 Å². The van der Waals surface area contributed by atoms with Gasteiger partial charge in [-0.15, -0.1) is 0 Å². The maximum Gasteiger partial charge on any atom is 0.224 e. The molecule has 2 aromatic rings. The van der Waals surface area contributed by atoms with E-state index < -0.39 is 0 Å². The summed E-state index contributed by atoms with van der Waals surface area (Å²) >= 11 is 0. The first-order chi connectivity index (χ1) is 15.7. The number of benzene rings is 2. The average Bonchev–Trinajstić information content (AvgIpc) is 3.52. The molecular weight excluding hydrogens is 404 g/mol. The lowest BCUT2D eigenvalue weighted by atomic mass is 10.1. The molecule has 2 aliphatic rings. The lowest BCUT2D eigenvalue weighted by Gasteiger charge is -2.08. The van der Waals surface area contributed by atoms with Crippen LogP contribution in [0.1, 0.15) is 36.8 Å². The number of hydrogen-bond donors (Lipinski definition) is 4. The van der Waals surface area contributed by atoms with Crippen LogP contribution in [0.15, 0.2) is 58.5 Å². The lowest BCUT2D eigenvalue weighted by Crippen LogP contribution is -2.19. The molecule has 2 aromatic carbocycles. The number of aliphatic imine (C=N–C) groups is 2. The summed E-state index contributed by atoms with van der Waals surface area (Å²) in [7, 11) is 0. The maximum absolute atomic E-state index is 12.2. The molecule has 0 atom stereocenters. The highest BCUT2D eigenvalue weighted by atomic mass is 16.2.